The van der Waals surface area contributed by atoms with Crippen LogP contribution in [0.15, 0.2) is 18.6 Å². The van der Waals surface area contributed by atoms with E-state index in [1.807, 2.05) is 6.92 Å². The molecule has 4 nitrogen and oxygen atoms in total. The van der Waals surface area contributed by atoms with Gasteiger partial charge in [-0.2, -0.15) is 8.42 Å². The minimum Gasteiger partial charge on any atom is -0.261 e. The molecule has 0 aliphatic heterocycles. The molecule has 0 atom stereocenters. The molecule has 1 heterocycles. The topological polar surface area (TPSA) is 59.9 Å². The standard InChI is InChI=1S/C8H10N2O2S.Na/c1-2-8(13(11)12)5-7-6-9-3-4-10-7;/h3-4,6H,2,5H2,1H3;. The van der Waals surface area contributed by atoms with E-state index in [0.29, 0.717) is 23.4 Å². The van der Waals surface area contributed by atoms with E-state index >= 15 is 0 Å². The van der Waals surface area contributed by atoms with Crippen LogP contribution < -0.4 is 0 Å². The van der Waals surface area contributed by atoms with Gasteiger partial charge in [-0.15, -0.1) is 0 Å². The van der Waals surface area contributed by atoms with E-state index in [2.05, 4.69) is 9.97 Å². The first kappa shape index (κ1) is 13.8. The van der Waals surface area contributed by atoms with Crippen molar-refractivity contribution in [2.24, 2.45) is 0 Å². The molecule has 0 unspecified atom stereocenters. The van der Waals surface area contributed by atoms with Crippen LogP contribution in [-0.2, 0) is 16.7 Å². The number of hydrogen-bond donors (Lipinski definition) is 0. The van der Waals surface area contributed by atoms with Crippen molar-refractivity contribution in [3.8, 4) is 0 Å². The van der Waals surface area contributed by atoms with Crippen molar-refractivity contribution < 1.29 is 8.42 Å². The summed E-state index contributed by atoms with van der Waals surface area (Å²) in [4.78, 5) is 8.31. The maximum Gasteiger partial charge on any atom is 0.213 e. The van der Waals surface area contributed by atoms with Crippen LogP contribution in [0.2, 0.25) is 0 Å². The van der Waals surface area contributed by atoms with E-state index in [-0.39, 0.29) is 29.6 Å². The van der Waals surface area contributed by atoms with Gasteiger partial charge in [-0.05, 0) is 6.42 Å². The Morgan fingerprint density at radius 2 is 2.14 bits per heavy atom. The van der Waals surface area contributed by atoms with Gasteiger partial charge in [0.15, 0.2) is 0 Å². The van der Waals surface area contributed by atoms with Gasteiger partial charge < -0.3 is 0 Å². The predicted molar refractivity (Wildman–Crippen MR) is 55.7 cm³/mol. The Balaban J connectivity index is 0.00000169. The van der Waals surface area contributed by atoms with E-state index in [9.17, 15) is 8.42 Å². The molecule has 0 spiro atoms. The molecular weight excluding hydrogens is 211 g/mol. The fourth-order valence-corrected chi connectivity index (χ4v) is 1.43. The predicted octanol–water partition coefficient (Wildman–Crippen LogP) is 0.0998. The van der Waals surface area contributed by atoms with Gasteiger partial charge in [-0.1, -0.05) is 6.92 Å². The average Bonchev–Trinajstić information content (AvgIpc) is 2.15. The van der Waals surface area contributed by atoms with Crippen molar-refractivity contribution in [3.05, 3.63) is 24.3 Å². The second-order valence-electron chi connectivity index (χ2n) is 2.50. The summed E-state index contributed by atoms with van der Waals surface area (Å²) in [5, 5.41) is 0. The average molecular weight is 221 g/mol. The Bertz CT molecular complexity index is 395. The first-order chi connectivity index (χ1) is 6.24. The van der Waals surface area contributed by atoms with Gasteiger partial charge in [0.05, 0.1) is 10.6 Å². The van der Waals surface area contributed by atoms with Gasteiger partial charge in [0.25, 0.3) is 0 Å². The van der Waals surface area contributed by atoms with Gasteiger partial charge in [0.1, 0.15) is 0 Å². The molecule has 0 amide bonds. The van der Waals surface area contributed by atoms with E-state index in [0.717, 1.165) is 0 Å². The van der Waals surface area contributed by atoms with E-state index in [1.54, 1.807) is 18.6 Å². The smallest absolute Gasteiger partial charge is 0.213 e. The molecule has 0 saturated heterocycles. The van der Waals surface area contributed by atoms with E-state index in [1.165, 1.54) is 0 Å². The zero-order valence-corrected chi connectivity index (χ0v) is 11.1. The van der Waals surface area contributed by atoms with Gasteiger partial charge >= 0.3 is 0 Å². The first-order valence-electron chi connectivity index (χ1n) is 3.93. The van der Waals surface area contributed by atoms with Crippen LogP contribution in [0.25, 0.3) is 0 Å². The Hall–Kier alpha value is -0.230. The first-order valence-corrected chi connectivity index (χ1v) is 5.00. The third-order valence-corrected chi connectivity index (χ3v) is 2.53. The number of rotatable bonds is 3. The maximum atomic E-state index is 10.6. The summed E-state index contributed by atoms with van der Waals surface area (Å²) < 4.78 is 21.3. The zero-order chi connectivity index (χ0) is 9.68. The SMILES string of the molecule is CCC(Cc1cnccn1)=S(=O)=O.[Na]. The molecule has 1 rings (SSSR count). The molecule has 0 aliphatic carbocycles. The van der Waals surface area contributed by atoms with Crippen LogP contribution in [0.3, 0.4) is 0 Å². The van der Waals surface area contributed by atoms with Crippen LogP contribution in [0.5, 0.6) is 0 Å². The molecule has 0 saturated carbocycles. The molecule has 1 aromatic heterocycles. The summed E-state index contributed by atoms with van der Waals surface area (Å²) in [6, 6.07) is 0. The molecule has 14 heavy (non-hydrogen) atoms. The van der Waals surface area contributed by atoms with Gasteiger partial charge in [-0.3, -0.25) is 9.97 Å². The minimum atomic E-state index is -2.10. The molecule has 1 aromatic rings. The molecule has 6 heteroatoms. The Kier molecular flexibility index (Phi) is 7.00. The minimum absolute atomic E-state index is 0. The van der Waals surface area contributed by atoms with Gasteiger partial charge in [0, 0.05) is 54.6 Å². The van der Waals surface area contributed by atoms with Gasteiger partial charge in [0.2, 0.25) is 10.3 Å². The molecule has 0 aromatic carbocycles. The van der Waals surface area contributed by atoms with E-state index < -0.39 is 10.3 Å². The number of aromatic nitrogens is 2. The van der Waals surface area contributed by atoms with Crippen molar-refractivity contribution in [2.75, 3.05) is 0 Å². The monoisotopic (exact) mass is 221 g/mol. The normalized spacial score (nSPS) is 8.93. The van der Waals surface area contributed by atoms with Crippen LogP contribution >= 0.6 is 0 Å². The van der Waals surface area contributed by atoms with Crippen LogP contribution in [0, 0.1) is 0 Å². The van der Waals surface area contributed by atoms with E-state index in [4.69, 9.17) is 0 Å². The fourth-order valence-electron chi connectivity index (χ4n) is 0.925. The largest absolute Gasteiger partial charge is 0.261 e. The molecular formula is C8H10N2NaO2S. The van der Waals surface area contributed by atoms with Crippen LogP contribution in [0.1, 0.15) is 19.0 Å². The Morgan fingerprint density at radius 3 is 2.57 bits per heavy atom. The molecule has 1 radical (unpaired) electrons. The van der Waals surface area contributed by atoms with Crippen molar-refractivity contribution in [1.29, 1.82) is 0 Å². The van der Waals surface area contributed by atoms with Crippen LogP contribution in [-0.4, -0.2) is 52.8 Å². The van der Waals surface area contributed by atoms with Crippen molar-refractivity contribution in [2.45, 2.75) is 19.8 Å². The number of hydrogen-bond acceptors (Lipinski definition) is 4. The summed E-state index contributed by atoms with van der Waals surface area (Å²) >= 11 is 0. The third kappa shape index (κ3) is 4.32. The molecule has 0 N–H and O–H groups in total. The second-order valence-corrected chi connectivity index (χ2v) is 3.55. The maximum absolute atomic E-state index is 10.6. The summed E-state index contributed by atoms with van der Waals surface area (Å²) in [5.74, 6) is 0. The van der Waals surface area contributed by atoms with Crippen LogP contribution in [0.4, 0.5) is 0 Å². The molecule has 0 bridgehead atoms. The van der Waals surface area contributed by atoms with Crippen molar-refractivity contribution in [1.82, 2.24) is 9.97 Å². The Morgan fingerprint density at radius 1 is 1.43 bits per heavy atom. The Labute approximate surface area is 107 Å². The van der Waals surface area contributed by atoms with Gasteiger partial charge in [-0.25, -0.2) is 0 Å². The molecule has 71 valence electrons. The molecule has 0 fully saturated rings. The number of nitrogens with zero attached hydrogens (tertiary/aromatic N) is 2. The summed E-state index contributed by atoms with van der Waals surface area (Å²) in [5.41, 5.74) is 0.684. The van der Waals surface area contributed by atoms with Crippen molar-refractivity contribution >= 4 is 44.7 Å². The summed E-state index contributed by atoms with van der Waals surface area (Å²) in [6.45, 7) is 1.81. The second kappa shape index (κ2) is 7.11. The summed E-state index contributed by atoms with van der Waals surface area (Å²) in [6.07, 6.45) is 5.56. The fraction of sp³-hybridized carbons (Fsp3) is 0.375. The summed E-state index contributed by atoms with van der Waals surface area (Å²) in [7, 11) is -2.10. The quantitative estimate of drug-likeness (QED) is 0.536. The third-order valence-electron chi connectivity index (χ3n) is 1.62. The zero-order valence-electron chi connectivity index (χ0n) is 8.27. The molecule has 0 aliphatic rings. The van der Waals surface area contributed by atoms with Crippen molar-refractivity contribution in [3.63, 3.8) is 0 Å².